The van der Waals surface area contributed by atoms with Crippen LogP contribution < -0.4 is 4.74 Å². The molecule has 0 fully saturated rings. The van der Waals surface area contributed by atoms with Crippen LogP contribution in [0.1, 0.15) is 16.5 Å². The summed E-state index contributed by atoms with van der Waals surface area (Å²) in [6.45, 7) is 0.457. The predicted octanol–water partition coefficient (Wildman–Crippen LogP) is 4.29. The van der Waals surface area contributed by atoms with Crippen LogP contribution in [-0.2, 0) is 11.3 Å². The number of alkyl halides is 1. The highest BCUT2D eigenvalue weighted by atomic mass is 35.5. The third-order valence-electron chi connectivity index (χ3n) is 3.31. The summed E-state index contributed by atoms with van der Waals surface area (Å²) in [6.07, 6.45) is 0. The number of halogens is 2. The number of ether oxygens (including phenoxy) is 1. The summed E-state index contributed by atoms with van der Waals surface area (Å²) >= 11 is 12.2. The lowest BCUT2D eigenvalue weighted by Gasteiger charge is -2.21. The van der Waals surface area contributed by atoms with Crippen molar-refractivity contribution in [3.63, 3.8) is 0 Å². The van der Waals surface area contributed by atoms with Gasteiger partial charge in [-0.1, -0.05) is 35.9 Å². The van der Waals surface area contributed by atoms with Crippen LogP contribution in [-0.4, -0.2) is 25.0 Å². The quantitative estimate of drug-likeness (QED) is 0.762. The molecule has 3 nitrogen and oxygen atoms in total. The van der Waals surface area contributed by atoms with Crippen LogP contribution in [0, 0.1) is 0 Å². The SMILES string of the molecule is COc1ccc(C(Cl)C(=O)N(C)Cc2cccc(Cl)c2)cc1. The number of amides is 1. The Kier molecular flexibility index (Phi) is 5.69. The number of carbonyl (C=O) groups excluding carboxylic acids is 1. The molecule has 2 rings (SSSR count). The van der Waals surface area contributed by atoms with E-state index < -0.39 is 5.38 Å². The van der Waals surface area contributed by atoms with Gasteiger partial charge in [0.2, 0.25) is 5.91 Å². The topological polar surface area (TPSA) is 29.5 Å². The van der Waals surface area contributed by atoms with Gasteiger partial charge in [-0.2, -0.15) is 0 Å². The van der Waals surface area contributed by atoms with Crippen LogP contribution in [0.2, 0.25) is 5.02 Å². The fraction of sp³-hybridized carbons (Fsp3) is 0.235. The molecule has 1 atom stereocenters. The molecule has 116 valence electrons. The van der Waals surface area contributed by atoms with Gasteiger partial charge in [-0.15, -0.1) is 11.6 Å². The zero-order valence-electron chi connectivity index (χ0n) is 12.4. The van der Waals surface area contributed by atoms with Gasteiger partial charge in [0, 0.05) is 18.6 Å². The van der Waals surface area contributed by atoms with Crippen LogP contribution in [0.15, 0.2) is 48.5 Å². The molecule has 0 aliphatic heterocycles. The van der Waals surface area contributed by atoms with Gasteiger partial charge in [0.1, 0.15) is 11.1 Å². The molecule has 1 unspecified atom stereocenters. The lowest BCUT2D eigenvalue weighted by Crippen LogP contribution is -2.29. The van der Waals surface area contributed by atoms with E-state index in [0.29, 0.717) is 11.6 Å². The van der Waals surface area contributed by atoms with E-state index in [1.54, 1.807) is 49.4 Å². The first kappa shape index (κ1) is 16.7. The average Bonchev–Trinajstić information content (AvgIpc) is 2.53. The summed E-state index contributed by atoms with van der Waals surface area (Å²) in [7, 11) is 3.32. The first-order chi connectivity index (χ1) is 10.5. The number of nitrogens with zero attached hydrogens (tertiary/aromatic N) is 1. The molecule has 0 bridgehead atoms. The first-order valence-corrected chi connectivity index (χ1v) is 7.60. The van der Waals surface area contributed by atoms with Crippen molar-refractivity contribution in [3.8, 4) is 5.75 Å². The second-order valence-corrected chi connectivity index (χ2v) is 5.83. The number of likely N-dealkylation sites (N-methyl/N-ethyl adjacent to an activating group) is 1. The van der Waals surface area contributed by atoms with Crippen molar-refractivity contribution < 1.29 is 9.53 Å². The molecule has 0 aliphatic rings. The molecule has 2 aromatic carbocycles. The summed E-state index contributed by atoms with van der Waals surface area (Å²) in [5, 5.41) is -0.0778. The Labute approximate surface area is 140 Å². The van der Waals surface area contributed by atoms with E-state index in [2.05, 4.69) is 0 Å². The lowest BCUT2D eigenvalue weighted by molar-refractivity contribution is -0.130. The molecule has 0 aliphatic carbocycles. The molecule has 0 N–H and O–H groups in total. The molecule has 0 saturated carbocycles. The highest BCUT2D eigenvalue weighted by Gasteiger charge is 2.21. The molecule has 0 spiro atoms. The molecule has 5 heteroatoms. The summed E-state index contributed by atoms with van der Waals surface area (Å²) in [5.41, 5.74) is 1.70. The van der Waals surface area contributed by atoms with Crippen molar-refractivity contribution in [2.75, 3.05) is 14.2 Å². The van der Waals surface area contributed by atoms with E-state index in [4.69, 9.17) is 27.9 Å². The molecule has 0 saturated heterocycles. The molecule has 0 heterocycles. The van der Waals surface area contributed by atoms with E-state index in [-0.39, 0.29) is 5.91 Å². The Hall–Kier alpha value is -1.71. The number of rotatable bonds is 5. The first-order valence-electron chi connectivity index (χ1n) is 6.78. The van der Waals surface area contributed by atoms with Crippen LogP contribution >= 0.6 is 23.2 Å². The zero-order valence-corrected chi connectivity index (χ0v) is 13.9. The number of carbonyl (C=O) groups is 1. The van der Waals surface area contributed by atoms with Gasteiger partial charge >= 0.3 is 0 Å². The zero-order chi connectivity index (χ0) is 16.1. The smallest absolute Gasteiger partial charge is 0.245 e. The van der Waals surface area contributed by atoms with Gasteiger partial charge in [0.15, 0.2) is 0 Å². The Morgan fingerprint density at radius 2 is 1.91 bits per heavy atom. The highest BCUT2D eigenvalue weighted by Crippen LogP contribution is 2.25. The second kappa shape index (κ2) is 7.52. The maximum Gasteiger partial charge on any atom is 0.245 e. The third kappa shape index (κ3) is 4.15. The molecule has 22 heavy (non-hydrogen) atoms. The maximum atomic E-state index is 12.4. The minimum absolute atomic E-state index is 0.160. The largest absolute Gasteiger partial charge is 0.497 e. The normalized spacial score (nSPS) is 11.8. The summed E-state index contributed by atoms with van der Waals surface area (Å²) in [5.74, 6) is 0.569. The monoisotopic (exact) mass is 337 g/mol. The molecule has 0 radical (unpaired) electrons. The van der Waals surface area contributed by atoms with E-state index in [1.165, 1.54) is 0 Å². The Balaban J connectivity index is 2.05. The van der Waals surface area contributed by atoms with Gasteiger partial charge in [-0.25, -0.2) is 0 Å². The standard InChI is InChI=1S/C17H17Cl2NO2/c1-20(11-12-4-3-5-14(18)10-12)17(21)16(19)13-6-8-15(22-2)9-7-13/h3-10,16H,11H2,1-2H3. The molecular weight excluding hydrogens is 321 g/mol. The van der Waals surface area contributed by atoms with Crippen molar-refractivity contribution in [3.05, 3.63) is 64.7 Å². The fourth-order valence-electron chi connectivity index (χ4n) is 2.10. The van der Waals surface area contributed by atoms with E-state index in [1.807, 2.05) is 18.2 Å². The Morgan fingerprint density at radius 1 is 1.23 bits per heavy atom. The predicted molar refractivity (Wildman–Crippen MR) is 89.5 cm³/mol. The minimum Gasteiger partial charge on any atom is -0.497 e. The molecule has 2 aromatic rings. The Bertz CT molecular complexity index is 643. The lowest BCUT2D eigenvalue weighted by atomic mass is 10.1. The highest BCUT2D eigenvalue weighted by molar-refractivity contribution is 6.31. The van der Waals surface area contributed by atoms with Crippen molar-refractivity contribution in [1.29, 1.82) is 0 Å². The van der Waals surface area contributed by atoms with E-state index >= 15 is 0 Å². The van der Waals surface area contributed by atoms with Gasteiger partial charge < -0.3 is 9.64 Å². The summed E-state index contributed by atoms with van der Waals surface area (Å²) in [4.78, 5) is 14.0. The number of hydrogen-bond donors (Lipinski definition) is 0. The van der Waals surface area contributed by atoms with Crippen molar-refractivity contribution in [1.82, 2.24) is 4.90 Å². The van der Waals surface area contributed by atoms with Crippen LogP contribution in [0.4, 0.5) is 0 Å². The second-order valence-electron chi connectivity index (χ2n) is 4.96. The van der Waals surface area contributed by atoms with Gasteiger partial charge in [-0.3, -0.25) is 4.79 Å². The number of benzene rings is 2. The van der Waals surface area contributed by atoms with Crippen molar-refractivity contribution in [2.45, 2.75) is 11.9 Å². The third-order valence-corrected chi connectivity index (χ3v) is 3.98. The van der Waals surface area contributed by atoms with Crippen molar-refractivity contribution >= 4 is 29.1 Å². The molecular formula is C17H17Cl2NO2. The Morgan fingerprint density at radius 3 is 2.50 bits per heavy atom. The average molecular weight is 338 g/mol. The van der Waals surface area contributed by atoms with Crippen LogP contribution in [0.5, 0.6) is 5.75 Å². The molecule has 1 amide bonds. The maximum absolute atomic E-state index is 12.4. The summed E-state index contributed by atoms with van der Waals surface area (Å²) < 4.78 is 5.10. The van der Waals surface area contributed by atoms with Gasteiger partial charge in [0.25, 0.3) is 0 Å². The number of methoxy groups -OCH3 is 1. The fourth-order valence-corrected chi connectivity index (χ4v) is 2.62. The van der Waals surface area contributed by atoms with Crippen LogP contribution in [0.25, 0.3) is 0 Å². The van der Waals surface area contributed by atoms with E-state index in [0.717, 1.165) is 16.9 Å². The van der Waals surface area contributed by atoms with Gasteiger partial charge in [-0.05, 0) is 35.4 Å². The minimum atomic E-state index is -0.727. The van der Waals surface area contributed by atoms with E-state index in [9.17, 15) is 4.79 Å². The van der Waals surface area contributed by atoms with Crippen molar-refractivity contribution in [2.24, 2.45) is 0 Å². The summed E-state index contributed by atoms with van der Waals surface area (Å²) in [6, 6.07) is 14.6. The number of hydrogen-bond acceptors (Lipinski definition) is 2. The van der Waals surface area contributed by atoms with Gasteiger partial charge in [0.05, 0.1) is 7.11 Å². The van der Waals surface area contributed by atoms with Crippen LogP contribution in [0.3, 0.4) is 0 Å². The molecule has 0 aromatic heterocycles.